The summed E-state index contributed by atoms with van der Waals surface area (Å²) in [6, 6.07) is 3.82. The van der Waals surface area contributed by atoms with Crippen LogP contribution in [-0.4, -0.2) is 25.3 Å². The molecular weight excluding hydrogens is 266 g/mol. The molecule has 0 amide bonds. The Bertz CT molecular complexity index is 487. The lowest BCUT2D eigenvalue weighted by Crippen LogP contribution is -2.40. The Morgan fingerprint density at radius 1 is 1.28 bits per heavy atom. The fourth-order valence-electron chi connectivity index (χ4n) is 2.66. The third kappa shape index (κ3) is 2.78. The van der Waals surface area contributed by atoms with E-state index in [1.807, 2.05) is 19.9 Å². The first-order valence-electron chi connectivity index (χ1n) is 6.64. The fraction of sp³-hybridized carbons (Fsp3) is 0.692. The minimum absolute atomic E-state index is 0.205. The van der Waals surface area contributed by atoms with Crippen LogP contribution in [0.25, 0.3) is 0 Å². The van der Waals surface area contributed by atoms with Gasteiger partial charge in [0.1, 0.15) is 4.21 Å². The van der Waals surface area contributed by atoms with Gasteiger partial charge in [-0.15, -0.1) is 11.3 Å². The smallest absolute Gasteiger partial charge is 0.206 e. The summed E-state index contributed by atoms with van der Waals surface area (Å²) in [7, 11) is -3.28. The molecule has 102 valence electrons. The van der Waals surface area contributed by atoms with Crippen molar-refractivity contribution in [1.82, 2.24) is 4.31 Å². The number of sulfonamides is 1. The van der Waals surface area contributed by atoms with Gasteiger partial charge in [0.2, 0.25) is 0 Å². The van der Waals surface area contributed by atoms with Crippen molar-refractivity contribution in [3.8, 4) is 0 Å². The van der Waals surface area contributed by atoms with Crippen molar-refractivity contribution >= 4 is 21.4 Å². The van der Waals surface area contributed by atoms with E-state index in [1.165, 1.54) is 17.8 Å². The SMILES string of the molecule is CCN(C1CCCCC1)S(=O)(=O)c1ccc(C)s1. The van der Waals surface area contributed by atoms with Crippen molar-refractivity contribution < 1.29 is 8.42 Å². The lowest BCUT2D eigenvalue weighted by atomic mass is 9.95. The number of aryl methyl sites for hydroxylation is 1. The van der Waals surface area contributed by atoms with Gasteiger partial charge in [-0.05, 0) is 31.9 Å². The highest BCUT2D eigenvalue weighted by Crippen LogP contribution is 2.30. The standard InChI is InChI=1S/C13H21NO2S2/c1-3-14(12-7-5-4-6-8-12)18(15,16)13-10-9-11(2)17-13/h9-10,12H,3-8H2,1-2H3. The molecule has 2 rings (SSSR count). The zero-order valence-electron chi connectivity index (χ0n) is 11.1. The normalized spacial score (nSPS) is 18.4. The summed E-state index contributed by atoms with van der Waals surface area (Å²) in [5.74, 6) is 0. The van der Waals surface area contributed by atoms with Crippen molar-refractivity contribution in [3.63, 3.8) is 0 Å². The molecule has 0 spiro atoms. The Morgan fingerprint density at radius 3 is 2.44 bits per heavy atom. The van der Waals surface area contributed by atoms with Crippen molar-refractivity contribution in [3.05, 3.63) is 17.0 Å². The average Bonchev–Trinajstić information content (AvgIpc) is 2.78. The topological polar surface area (TPSA) is 37.4 Å². The molecule has 1 heterocycles. The fourth-order valence-corrected chi connectivity index (χ4v) is 5.77. The Hall–Kier alpha value is -0.390. The van der Waals surface area contributed by atoms with Gasteiger partial charge >= 0.3 is 0 Å². The molecule has 1 aliphatic rings. The van der Waals surface area contributed by atoms with E-state index in [9.17, 15) is 8.42 Å². The highest BCUT2D eigenvalue weighted by Gasteiger charge is 2.31. The third-order valence-corrected chi connectivity index (χ3v) is 7.07. The molecular formula is C13H21NO2S2. The van der Waals surface area contributed by atoms with Crippen LogP contribution < -0.4 is 0 Å². The first kappa shape index (κ1) is 14.0. The van der Waals surface area contributed by atoms with Crippen LogP contribution in [0.3, 0.4) is 0 Å². The lowest BCUT2D eigenvalue weighted by molar-refractivity contribution is 0.262. The monoisotopic (exact) mass is 287 g/mol. The van der Waals surface area contributed by atoms with Gasteiger partial charge in [0.15, 0.2) is 0 Å². The molecule has 1 saturated carbocycles. The van der Waals surface area contributed by atoms with Gasteiger partial charge in [-0.3, -0.25) is 0 Å². The van der Waals surface area contributed by atoms with Crippen LogP contribution in [-0.2, 0) is 10.0 Å². The molecule has 0 aliphatic heterocycles. The molecule has 5 heteroatoms. The van der Waals surface area contributed by atoms with Crippen molar-refractivity contribution in [1.29, 1.82) is 0 Å². The molecule has 1 fully saturated rings. The first-order valence-corrected chi connectivity index (χ1v) is 8.89. The van der Waals surface area contributed by atoms with Crippen LogP contribution in [0, 0.1) is 6.92 Å². The molecule has 18 heavy (non-hydrogen) atoms. The predicted octanol–water partition coefficient (Wildman–Crippen LogP) is 3.40. The maximum Gasteiger partial charge on any atom is 0.252 e. The summed E-state index contributed by atoms with van der Waals surface area (Å²) in [4.78, 5) is 1.05. The van der Waals surface area contributed by atoms with Crippen molar-refractivity contribution in [2.75, 3.05) is 6.54 Å². The van der Waals surface area contributed by atoms with Crippen LogP contribution in [0.15, 0.2) is 16.3 Å². The number of hydrogen-bond acceptors (Lipinski definition) is 3. The number of nitrogens with zero attached hydrogens (tertiary/aromatic N) is 1. The second kappa shape index (κ2) is 5.72. The number of thiophene rings is 1. The van der Waals surface area contributed by atoms with Crippen LogP contribution in [0.5, 0.6) is 0 Å². The summed E-state index contributed by atoms with van der Waals surface area (Å²) in [6.45, 7) is 4.46. The Morgan fingerprint density at radius 2 is 1.94 bits per heavy atom. The van der Waals surface area contributed by atoms with E-state index < -0.39 is 10.0 Å². The molecule has 1 aromatic heterocycles. The van der Waals surface area contributed by atoms with Gasteiger partial charge < -0.3 is 0 Å². The van der Waals surface area contributed by atoms with Crippen molar-refractivity contribution in [2.24, 2.45) is 0 Å². The molecule has 0 unspecified atom stereocenters. The van der Waals surface area contributed by atoms with E-state index in [0.717, 1.165) is 30.6 Å². The van der Waals surface area contributed by atoms with E-state index in [4.69, 9.17) is 0 Å². The predicted molar refractivity (Wildman–Crippen MR) is 75.5 cm³/mol. The summed E-state index contributed by atoms with van der Waals surface area (Å²) < 4.78 is 27.4. The molecule has 0 radical (unpaired) electrons. The average molecular weight is 287 g/mol. The molecule has 0 aromatic carbocycles. The Kier molecular flexibility index (Phi) is 4.45. The van der Waals surface area contributed by atoms with Crippen LogP contribution >= 0.6 is 11.3 Å². The van der Waals surface area contributed by atoms with Gasteiger partial charge in [-0.1, -0.05) is 26.2 Å². The first-order chi connectivity index (χ1) is 8.55. The summed E-state index contributed by atoms with van der Waals surface area (Å²) in [5, 5.41) is 0. The lowest BCUT2D eigenvalue weighted by Gasteiger charge is -2.32. The second-order valence-corrected chi connectivity index (χ2v) is 8.27. The zero-order chi connectivity index (χ0) is 13.2. The molecule has 0 atom stereocenters. The Labute approximate surface area is 114 Å². The summed E-state index contributed by atoms with van der Waals surface area (Å²) in [6.07, 6.45) is 5.57. The summed E-state index contributed by atoms with van der Waals surface area (Å²) >= 11 is 1.37. The van der Waals surface area contributed by atoms with E-state index in [0.29, 0.717) is 10.8 Å². The Balaban J connectivity index is 2.25. The van der Waals surface area contributed by atoms with Crippen LogP contribution in [0.1, 0.15) is 43.9 Å². The molecule has 1 aliphatic carbocycles. The van der Waals surface area contributed by atoms with Gasteiger partial charge in [0.05, 0.1) is 0 Å². The number of hydrogen-bond donors (Lipinski definition) is 0. The summed E-state index contributed by atoms with van der Waals surface area (Å²) in [5.41, 5.74) is 0. The molecule has 0 saturated heterocycles. The van der Waals surface area contributed by atoms with E-state index >= 15 is 0 Å². The minimum Gasteiger partial charge on any atom is -0.206 e. The molecule has 1 aromatic rings. The highest BCUT2D eigenvalue weighted by atomic mass is 32.2. The van der Waals surface area contributed by atoms with E-state index in [1.54, 1.807) is 10.4 Å². The van der Waals surface area contributed by atoms with Gasteiger partial charge in [-0.25, -0.2) is 8.42 Å². The van der Waals surface area contributed by atoms with Crippen LogP contribution in [0.4, 0.5) is 0 Å². The quantitative estimate of drug-likeness (QED) is 0.851. The molecule has 3 nitrogen and oxygen atoms in total. The van der Waals surface area contributed by atoms with Gasteiger partial charge in [0.25, 0.3) is 10.0 Å². The third-order valence-electron chi connectivity index (χ3n) is 3.57. The van der Waals surface area contributed by atoms with Crippen LogP contribution in [0.2, 0.25) is 0 Å². The van der Waals surface area contributed by atoms with Crippen molar-refractivity contribution in [2.45, 2.75) is 56.2 Å². The minimum atomic E-state index is -3.28. The molecule has 0 N–H and O–H groups in total. The van der Waals surface area contributed by atoms with Gasteiger partial charge in [0, 0.05) is 17.5 Å². The second-order valence-electron chi connectivity index (χ2n) is 4.87. The zero-order valence-corrected chi connectivity index (χ0v) is 12.7. The number of rotatable bonds is 4. The van der Waals surface area contributed by atoms with Gasteiger partial charge in [-0.2, -0.15) is 4.31 Å². The van der Waals surface area contributed by atoms with E-state index in [-0.39, 0.29) is 6.04 Å². The maximum atomic E-state index is 12.6. The largest absolute Gasteiger partial charge is 0.252 e. The molecule has 0 bridgehead atoms. The highest BCUT2D eigenvalue weighted by molar-refractivity contribution is 7.91. The van der Waals surface area contributed by atoms with E-state index in [2.05, 4.69) is 0 Å². The maximum absolute atomic E-state index is 12.6.